The summed E-state index contributed by atoms with van der Waals surface area (Å²) in [6.07, 6.45) is 9.54. The number of nitrogens with zero attached hydrogens (tertiary/aromatic N) is 2. The molecule has 4 nitrogen and oxygen atoms in total. The molecule has 0 aliphatic heterocycles. The van der Waals surface area contributed by atoms with Crippen LogP contribution in [-0.4, -0.2) is 26.3 Å². The molecule has 1 aromatic heterocycles. The predicted octanol–water partition coefficient (Wildman–Crippen LogP) is 3.41. The van der Waals surface area contributed by atoms with Crippen LogP contribution in [0.3, 0.4) is 0 Å². The Morgan fingerprint density at radius 2 is 1.81 bits per heavy atom. The summed E-state index contributed by atoms with van der Waals surface area (Å²) in [5, 5.41) is 18.3. The fraction of sp³-hybridized carbons (Fsp3) is 0.294. The molecule has 0 bridgehead atoms. The Morgan fingerprint density at radius 1 is 1.14 bits per heavy atom. The molecule has 1 aromatic carbocycles. The van der Waals surface area contributed by atoms with Crippen LogP contribution in [0.1, 0.15) is 31.7 Å². The SMILES string of the molecule is CC(O)CCC/C=C/c1ccc(-c2ncc(O)cn2)cc1. The molecule has 0 amide bonds. The highest BCUT2D eigenvalue weighted by molar-refractivity contribution is 5.59. The van der Waals surface area contributed by atoms with Gasteiger partial charge in [-0.1, -0.05) is 36.4 Å². The highest BCUT2D eigenvalue weighted by Gasteiger charge is 2.00. The zero-order chi connectivity index (χ0) is 15.1. The van der Waals surface area contributed by atoms with Gasteiger partial charge in [-0.2, -0.15) is 0 Å². The summed E-state index contributed by atoms with van der Waals surface area (Å²) in [4.78, 5) is 8.16. The minimum atomic E-state index is -0.219. The topological polar surface area (TPSA) is 66.2 Å². The summed E-state index contributed by atoms with van der Waals surface area (Å²) in [7, 11) is 0. The summed E-state index contributed by atoms with van der Waals surface area (Å²) >= 11 is 0. The van der Waals surface area contributed by atoms with Crippen LogP contribution in [0.15, 0.2) is 42.7 Å². The average Bonchev–Trinajstić information content (AvgIpc) is 2.48. The van der Waals surface area contributed by atoms with Gasteiger partial charge in [0.2, 0.25) is 0 Å². The number of aromatic hydroxyl groups is 1. The molecule has 0 radical (unpaired) electrons. The lowest BCUT2D eigenvalue weighted by atomic mass is 10.1. The number of rotatable bonds is 6. The maximum absolute atomic E-state index is 9.17. The zero-order valence-corrected chi connectivity index (χ0v) is 12.1. The van der Waals surface area contributed by atoms with E-state index in [1.54, 1.807) is 0 Å². The lowest BCUT2D eigenvalue weighted by Crippen LogP contribution is -1.97. The van der Waals surface area contributed by atoms with E-state index in [0.717, 1.165) is 30.4 Å². The molecular formula is C17H20N2O2. The van der Waals surface area contributed by atoms with Crippen LogP contribution in [0.2, 0.25) is 0 Å². The van der Waals surface area contributed by atoms with Crippen molar-refractivity contribution in [3.63, 3.8) is 0 Å². The molecule has 21 heavy (non-hydrogen) atoms. The molecule has 0 spiro atoms. The van der Waals surface area contributed by atoms with Crippen LogP contribution < -0.4 is 0 Å². The van der Waals surface area contributed by atoms with Crippen LogP contribution >= 0.6 is 0 Å². The highest BCUT2D eigenvalue weighted by atomic mass is 16.3. The van der Waals surface area contributed by atoms with Gasteiger partial charge in [0, 0.05) is 5.56 Å². The van der Waals surface area contributed by atoms with Crippen molar-refractivity contribution in [2.75, 3.05) is 0 Å². The molecule has 0 saturated carbocycles. The van der Waals surface area contributed by atoms with E-state index in [2.05, 4.69) is 22.1 Å². The fourth-order valence-corrected chi connectivity index (χ4v) is 1.96. The van der Waals surface area contributed by atoms with Crippen molar-refractivity contribution >= 4 is 6.08 Å². The molecule has 2 aromatic rings. The van der Waals surface area contributed by atoms with Gasteiger partial charge in [0.1, 0.15) is 0 Å². The summed E-state index contributed by atoms with van der Waals surface area (Å²) in [6.45, 7) is 1.81. The molecule has 0 fully saturated rings. The number of unbranched alkanes of at least 4 members (excludes halogenated alkanes) is 1. The normalized spacial score (nSPS) is 12.7. The van der Waals surface area contributed by atoms with Crippen LogP contribution in [0.5, 0.6) is 5.75 Å². The first-order chi connectivity index (χ1) is 10.1. The van der Waals surface area contributed by atoms with Crippen molar-refractivity contribution in [1.82, 2.24) is 9.97 Å². The maximum Gasteiger partial charge on any atom is 0.159 e. The van der Waals surface area contributed by atoms with Gasteiger partial charge in [-0.15, -0.1) is 0 Å². The third-order valence-electron chi connectivity index (χ3n) is 3.11. The molecule has 110 valence electrons. The van der Waals surface area contributed by atoms with E-state index in [1.165, 1.54) is 12.4 Å². The smallest absolute Gasteiger partial charge is 0.159 e. The van der Waals surface area contributed by atoms with Crippen molar-refractivity contribution in [3.8, 4) is 17.1 Å². The Morgan fingerprint density at radius 3 is 2.43 bits per heavy atom. The lowest BCUT2D eigenvalue weighted by Gasteiger charge is -2.01. The minimum absolute atomic E-state index is 0.0653. The number of aliphatic hydroxyl groups is 1. The Bertz CT molecular complexity index is 575. The van der Waals surface area contributed by atoms with Gasteiger partial charge in [0.25, 0.3) is 0 Å². The quantitative estimate of drug-likeness (QED) is 0.798. The third kappa shape index (κ3) is 5.00. The van der Waals surface area contributed by atoms with Crippen molar-refractivity contribution in [1.29, 1.82) is 0 Å². The second kappa shape index (κ2) is 7.55. The number of aliphatic hydroxyl groups excluding tert-OH is 1. The van der Waals surface area contributed by atoms with Crippen molar-refractivity contribution in [2.45, 2.75) is 32.3 Å². The van der Waals surface area contributed by atoms with E-state index in [-0.39, 0.29) is 11.9 Å². The largest absolute Gasteiger partial charge is 0.505 e. The number of hydrogen-bond acceptors (Lipinski definition) is 4. The molecule has 0 saturated heterocycles. The van der Waals surface area contributed by atoms with Crippen LogP contribution in [0, 0.1) is 0 Å². The first kappa shape index (κ1) is 15.2. The predicted molar refractivity (Wildman–Crippen MR) is 83.7 cm³/mol. The third-order valence-corrected chi connectivity index (χ3v) is 3.11. The molecule has 2 N–H and O–H groups in total. The number of benzene rings is 1. The van der Waals surface area contributed by atoms with Gasteiger partial charge < -0.3 is 10.2 Å². The molecular weight excluding hydrogens is 264 g/mol. The van der Waals surface area contributed by atoms with Crippen LogP contribution in [-0.2, 0) is 0 Å². The maximum atomic E-state index is 9.17. The molecule has 1 heterocycles. The van der Waals surface area contributed by atoms with Gasteiger partial charge in [0.15, 0.2) is 11.6 Å². The zero-order valence-electron chi connectivity index (χ0n) is 12.1. The van der Waals surface area contributed by atoms with E-state index in [4.69, 9.17) is 0 Å². The Balaban J connectivity index is 1.92. The van der Waals surface area contributed by atoms with Crippen LogP contribution in [0.25, 0.3) is 17.5 Å². The fourth-order valence-electron chi connectivity index (χ4n) is 1.96. The first-order valence-electron chi connectivity index (χ1n) is 7.11. The lowest BCUT2D eigenvalue weighted by molar-refractivity contribution is 0.182. The minimum Gasteiger partial charge on any atom is -0.505 e. The average molecular weight is 284 g/mol. The number of aromatic nitrogens is 2. The van der Waals surface area contributed by atoms with E-state index < -0.39 is 0 Å². The Labute approximate surface area is 124 Å². The van der Waals surface area contributed by atoms with Crippen LogP contribution in [0.4, 0.5) is 0 Å². The summed E-state index contributed by atoms with van der Waals surface area (Å²) < 4.78 is 0. The van der Waals surface area contributed by atoms with E-state index in [1.807, 2.05) is 31.2 Å². The standard InChI is InChI=1S/C17H20N2O2/c1-13(20)5-3-2-4-6-14-7-9-15(10-8-14)17-18-11-16(21)12-19-17/h4,6-13,20-21H,2-3,5H2,1H3/b6-4+. The first-order valence-corrected chi connectivity index (χ1v) is 7.11. The van der Waals surface area contributed by atoms with Gasteiger partial charge in [-0.05, 0) is 31.7 Å². The Hall–Kier alpha value is -2.20. The van der Waals surface area contributed by atoms with Gasteiger partial charge in [0.05, 0.1) is 18.5 Å². The van der Waals surface area contributed by atoms with Gasteiger partial charge in [-0.3, -0.25) is 0 Å². The molecule has 0 aliphatic rings. The molecule has 1 unspecified atom stereocenters. The molecule has 2 rings (SSSR count). The van der Waals surface area contributed by atoms with Gasteiger partial charge in [-0.25, -0.2) is 9.97 Å². The summed E-state index contributed by atoms with van der Waals surface area (Å²) in [5.74, 6) is 0.663. The summed E-state index contributed by atoms with van der Waals surface area (Å²) in [6, 6.07) is 7.94. The van der Waals surface area contributed by atoms with Crippen molar-refractivity contribution in [3.05, 3.63) is 48.3 Å². The number of allylic oxidation sites excluding steroid dienone is 1. The number of hydrogen-bond donors (Lipinski definition) is 2. The van der Waals surface area contributed by atoms with E-state index in [0.29, 0.717) is 5.82 Å². The summed E-state index contributed by atoms with van der Waals surface area (Å²) in [5.41, 5.74) is 2.04. The van der Waals surface area contributed by atoms with E-state index in [9.17, 15) is 10.2 Å². The molecule has 0 aliphatic carbocycles. The second-order valence-corrected chi connectivity index (χ2v) is 5.07. The Kier molecular flexibility index (Phi) is 5.46. The van der Waals surface area contributed by atoms with Crippen molar-refractivity contribution in [2.24, 2.45) is 0 Å². The van der Waals surface area contributed by atoms with Gasteiger partial charge >= 0.3 is 0 Å². The highest BCUT2D eigenvalue weighted by Crippen LogP contribution is 2.17. The second-order valence-electron chi connectivity index (χ2n) is 5.07. The monoisotopic (exact) mass is 284 g/mol. The van der Waals surface area contributed by atoms with E-state index >= 15 is 0 Å². The van der Waals surface area contributed by atoms with Crippen molar-refractivity contribution < 1.29 is 10.2 Å². The molecule has 4 heteroatoms. The molecule has 1 atom stereocenters.